The largest absolute Gasteiger partial charge is 0.415 e. The third kappa shape index (κ3) is 5.56. The summed E-state index contributed by atoms with van der Waals surface area (Å²) in [5, 5.41) is 2.46. The van der Waals surface area contributed by atoms with Crippen LogP contribution in [0, 0.1) is 5.82 Å². The summed E-state index contributed by atoms with van der Waals surface area (Å²) in [4.78, 5) is 33.8. The zero-order valence-corrected chi connectivity index (χ0v) is 19.9. The van der Waals surface area contributed by atoms with Crippen molar-refractivity contribution >= 4 is 35.0 Å². The Morgan fingerprint density at radius 3 is 2.88 bits per heavy atom. The maximum atomic E-state index is 14.0. The molecule has 3 aliphatic rings. The summed E-state index contributed by atoms with van der Waals surface area (Å²) in [5.41, 5.74) is 3.56. The number of hydrazine groups is 1. The molecule has 1 aromatic carbocycles. The molecule has 0 saturated carbocycles. The lowest BCUT2D eigenvalue weighted by Crippen LogP contribution is -2.45. The summed E-state index contributed by atoms with van der Waals surface area (Å²) >= 11 is 1.23. The molecule has 1 atom stereocenters. The van der Waals surface area contributed by atoms with E-state index in [2.05, 4.69) is 29.2 Å². The summed E-state index contributed by atoms with van der Waals surface area (Å²) in [6, 6.07) is 4.25. The number of nitrogens with one attached hydrogen (secondary N) is 1. The number of nitrogens with zero attached hydrogens (tertiary/aromatic N) is 4. The molecular formula is C23H30FN5O3S. The number of likely N-dealkylation sites (N-methyl/N-ethyl adjacent to an activating group) is 1. The van der Waals surface area contributed by atoms with Gasteiger partial charge in [0.25, 0.3) is 5.91 Å². The van der Waals surface area contributed by atoms with E-state index in [1.165, 1.54) is 30.0 Å². The molecule has 3 heterocycles. The lowest BCUT2D eigenvalue weighted by atomic mass is 10.2. The summed E-state index contributed by atoms with van der Waals surface area (Å²) in [6.45, 7) is 8.93. The number of thioether (sulfide) groups is 1. The number of aliphatic imine (C=N–C) groups is 1. The van der Waals surface area contributed by atoms with Gasteiger partial charge in [-0.1, -0.05) is 13.8 Å². The molecule has 2 saturated heterocycles. The topological polar surface area (TPSA) is 77.5 Å². The molecule has 178 valence electrons. The average molecular weight is 476 g/mol. The highest BCUT2D eigenvalue weighted by atomic mass is 32.2. The van der Waals surface area contributed by atoms with E-state index in [4.69, 9.17) is 4.74 Å². The predicted octanol–water partition coefficient (Wildman–Crippen LogP) is 3.31. The summed E-state index contributed by atoms with van der Waals surface area (Å²) < 4.78 is 19.7. The number of hydrogen-bond donors (Lipinski definition) is 1. The monoisotopic (exact) mass is 475 g/mol. The lowest BCUT2D eigenvalue weighted by molar-refractivity contribution is -0.113. The number of carbonyl (C=O) groups excluding carboxylic acids is 2. The van der Waals surface area contributed by atoms with E-state index < -0.39 is 11.9 Å². The van der Waals surface area contributed by atoms with Crippen LogP contribution in [0.2, 0.25) is 0 Å². The molecule has 0 bridgehead atoms. The molecule has 33 heavy (non-hydrogen) atoms. The van der Waals surface area contributed by atoms with Crippen LogP contribution in [0.3, 0.4) is 0 Å². The fourth-order valence-electron chi connectivity index (χ4n) is 4.34. The van der Waals surface area contributed by atoms with Gasteiger partial charge in [-0.2, -0.15) is 4.99 Å². The molecule has 0 radical (unpaired) electrons. The van der Waals surface area contributed by atoms with Gasteiger partial charge in [0, 0.05) is 37.8 Å². The molecule has 2 amide bonds. The van der Waals surface area contributed by atoms with Crippen LogP contribution < -0.4 is 10.2 Å². The first-order valence-corrected chi connectivity index (χ1v) is 12.3. The zero-order valence-electron chi connectivity index (χ0n) is 19.1. The predicted molar refractivity (Wildman–Crippen MR) is 127 cm³/mol. The van der Waals surface area contributed by atoms with E-state index >= 15 is 0 Å². The zero-order chi connectivity index (χ0) is 23.4. The molecule has 10 heteroatoms. The van der Waals surface area contributed by atoms with Crippen molar-refractivity contribution in [2.24, 2.45) is 4.99 Å². The van der Waals surface area contributed by atoms with Gasteiger partial charge < -0.3 is 9.64 Å². The van der Waals surface area contributed by atoms with E-state index in [0.29, 0.717) is 34.8 Å². The van der Waals surface area contributed by atoms with Gasteiger partial charge in [0.05, 0.1) is 4.91 Å². The Hall–Kier alpha value is -2.43. The van der Waals surface area contributed by atoms with Crippen molar-refractivity contribution in [3.8, 4) is 5.75 Å². The number of carbonyl (C=O) groups is 2. The van der Waals surface area contributed by atoms with E-state index in [1.807, 2.05) is 5.01 Å². The van der Waals surface area contributed by atoms with Crippen molar-refractivity contribution in [2.45, 2.75) is 39.2 Å². The van der Waals surface area contributed by atoms with Crippen LogP contribution in [0.4, 0.5) is 9.18 Å². The highest BCUT2D eigenvalue weighted by Gasteiger charge is 2.31. The fourth-order valence-corrected chi connectivity index (χ4v) is 5.25. The van der Waals surface area contributed by atoms with Crippen molar-refractivity contribution in [3.05, 3.63) is 34.5 Å². The molecule has 0 spiro atoms. The second-order valence-corrected chi connectivity index (χ2v) is 9.25. The molecule has 1 unspecified atom stereocenters. The average Bonchev–Trinajstić information content (AvgIpc) is 3.45. The van der Waals surface area contributed by atoms with Crippen LogP contribution in [0.5, 0.6) is 5.75 Å². The van der Waals surface area contributed by atoms with Crippen LogP contribution in [0.15, 0.2) is 28.1 Å². The normalized spacial score (nSPS) is 22.4. The third-order valence-electron chi connectivity index (χ3n) is 6.16. The minimum Gasteiger partial charge on any atom is -0.410 e. The Morgan fingerprint density at radius 1 is 1.33 bits per heavy atom. The second-order valence-electron chi connectivity index (χ2n) is 8.24. The Bertz CT molecular complexity index is 959. The van der Waals surface area contributed by atoms with Crippen LogP contribution in [-0.2, 0) is 4.79 Å². The second kappa shape index (κ2) is 10.7. The van der Waals surface area contributed by atoms with Gasteiger partial charge >= 0.3 is 6.09 Å². The fraction of sp³-hybridized carbons (Fsp3) is 0.522. The first-order valence-electron chi connectivity index (χ1n) is 11.5. The number of halogens is 1. The van der Waals surface area contributed by atoms with Crippen molar-refractivity contribution in [1.29, 1.82) is 0 Å². The number of benzene rings is 1. The molecule has 8 nitrogen and oxygen atoms in total. The maximum Gasteiger partial charge on any atom is 0.415 e. The van der Waals surface area contributed by atoms with E-state index in [-0.39, 0.29) is 11.7 Å². The van der Waals surface area contributed by atoms with E-state index in [9.17, 15) is 14.0 Å². The molecule has 1 N–H and O–H groups in total. The van der Waals surface area contributed by atoms with Crippen molar-refractivity contribution < 1.29 is 18.7 Å². The van der Waals surface area contributed by atoms with Crippen LogP contribution in [0.25, 0.3) is 6.08 Å². The van der Waals surface area contributed by atoms with E-state index in [0.717, 1.165) is 45.4 Å². The standard InChI is InChI=1S/C23H30FN5O3S/c1-3-27(4-2)18-9-12-28(15-18)23(31)32-19-8-7-17(24)13-16(19)14-20-21(30)26-22(33-20)29-11-6-5-10-25-29/h7-8,13-14,18,25H,3-6,9-12,15H2,1-2H3/b20-14-. The first-order chi connectivity index (χ1) is 16.0. The van der Waals surface area contributed by atoms with Gasteiger partial charge in [-0.3, -0.25) is 14.7 Å². The van der Waals surface area contributed by atoms with Gasteiger partial charge in [0.2, 0.25) is 0 Å². The highest BCUT2D eigenvalue weighted by molar-refractivity contribution is 8.18. The van der Waals surface area contributed by atoms with Gasteiger partial charge in [-0.05, 0) is 68.4 Å². The van der Waals surface area contributed by atoms with Gasteiger partial charge in [0.1, 0.15) is 11.6 Å². The molecular weight excluding hydrogens is 445 g/mol. The third-order valence-corrected chi connectivity index (χ3v) is 7.16. The van der Waals surface area contributed by atoms with Crippen LogP contribution in [-0.4, -0.2) is 77.3 Å². The summed E-state index contributed by atoms with van der Waals surface area (Å²) in [6.07, 6.45) is 4.08. The first kappa shape index (κ1) is 23.7. The smallest absolute Gasteiger partial charge is 0.410 e. The maximum absolute atomic E-state index is 14.0. The minimum absolute atomic E-state index is 0.220. The Kier molecular flexibility index (Phi) is 7.67. The van der Waals surface area contributed by atoms with Gasteiger partial charge in [0.15, 0.2) is 5.17 Å². The van der Waals surface area contributed by atoms with Crippen molar-refractivity contribution in [3.63, 3.8) is 0 Å². The number of amidine groups is 1. The minimum atomic E-state index is -0.473. The SMILES string of the molecule is CCN(CC)C1CCN(C(=O)Oc2ccc(F)cc2/C=C2\SC(N3CCCCN3)=NC2=O)C1. The molecule has 3 aliphatic heterocycles. The summed E-state index contributed by atoms with van der Waals surface area (Å²) in [5.74, 6) is -0.637. The Balaban J connectivity index is 1.46. The number of rotatable bonds is 5. The molecule has 4 rings (SSSR count). The van der Waals surface area contributed by atoms with Crippen LogP contribution in [0.1, 0.15) is 38.7 Å². The number of amides is 2. The quantitative estimate of drug-likeness (QED) is 0.655. The molecule has 2 fully saturated rings. The Labute approximate surface area is 197 Å². The van der Waals surface area contributed by atoms with E-state index in [1.54, 1.807) is 11.0 Å². The van der Waals surface area contributed by atoms with Gasteiger partial charge in [-0.25, -0.2) is 14.6 Å². The van der Waals surface area contributed by atoms with Gasteiger partial charge in [-0.15, -0.1) is 0 Å². The summed E-state index contributed by atoms with van der Waals surface area (Å²) in [7, 11) is 0. The lowest BCUT2D eigenvalue weighted by Gasteiger charge is -2.28. The molecule has 0 aromatic heterocycles. The van der Waals surface area contributed by atoms with Crippen molar-refractivity contribution in [1.82, 2.24) is 20.2 Å². The number of ether oxygens (including phenoxy) is 1. The molecule has 0 aliphatic carbocycles. The van der Waals surface area contributed by atoms with Crippen molar-refractivity contribution in [2.75, 3.05) is 39.3 Å². The van der Waals surface area contributed by atoms with Crippen LogP contribution >= 0.6 is 11.8 Å². The number of hydrogen-bond acceptors (Lipinski definition) is 7. The highest BCUT2D eigenvalue weighted by Crippen LogP contribution is 2.33. The Morgan fingerprint density at radius 2 is 2.15 bits per heavy atom. The number of likely N-dealkylation sites (tertiary alicyclic amines) is 1. The molecule has 1 aromatic rings.